The molecule has 4 atom stereocenters. The number of carbonyl (C=O) groups excluding carboxylic acids is 2. The molecule has 4 heterocycles. The van der Waals surface area contributed by atoms with Gasteiger partial charge < -0.3 is 14.4 Å². The van der Waals surface area contributed by atoms with E-state index in [2.05, 4.69) is 32.1 Å². The average Bonchev–Trinajstić information content (AvgIpc) is 3.25. The number of hydrogen-bond donors (Lipinski definition) is 0. The standard InChI is InChI=1S/C24H26N2O4/c1-3-14-5-7-19-24(10-18-22(25-19)30-12-29-18)20-9-17-13(2)4-6-16(27)8-15(17)11-26(20)23(28)21(14)24/h7,9-10,14-15,21H,3-6,8,11-12H2,1-2H3/t14?,15?,21?,24-/m1/s1. The van der Waals surface area contributed by atoms with Gasteiger partial charge in [0.15, 0.2) is 5.76 Å². The van der Waals surface area contributed by atoms with Crippen LogP contribution < -0.4 is 0 Å². The summed E-state index contributed by atoms with van der Waals surface area (Å²) in [5, 5.41) is 0. The Balaban J connectivity index is 1.58. The molecule has 2 fully saturated rings. The van der Waals surface area contributed by atoms with E-state index in [-0.39, 0.29) is 30.5 Å². The van der Waals surface area contributed by atoms with E-state index in [0.717, 1.165) is 30.7 Å². The van der Waals surface area contributed by atoms with Gasteiger partial charge in [-0.3, -0.25) is 9.59 Å². The number of amides is 1. The summed E-state index contributed by atoms with van der Waals surface area (Å²) < 4.78 is 11.3. The van der Waals surface area contributed by atoms with Crippen LogP contribution >= 0.6 is 0 Å². The van der Waals surface area contributed by atoms with Crippen LogP contribution in [0.1, 0.15) is 46.0 Å². The molecule has 4 aliphatic heterocycles. The van der Waals surface area contributed by atoms with Gasteiger partial charge in [0.25, 0.3) is 5.90 Å². The number of ether oxygens (including phenoxy) is 2. The highest BCUT2D eigenvalue weighted by Crippen LogP contribution is 2.62. The van der Waals surface area contributed by atoms with Crippen molar-refractivity contribution in [1.82, 2.24) is 4.90 Å². The Morgan fingerprint density at radius 2 is 2.13 bits per heavy atom. The second kappa shape index (κ2) is 6.19. The van der Waals surface area contributed by atoms with Crippen molar-refractivity contribution in [2.24, 2.45) is 28.2 Å². The van der Waals surface area contributed by atoms with Crippen molar-refractivity contribution in [3.8, 4) is 0 Å². The third-order valence-electron chi connectivity index (χ3n) is 7.85. The van der Waals surface area contributed by atoms with Crippen LogP contribution in [0.25, 0.3) is 0 Å². The maximum atomic E-state index is 13.8. The highest BCUT2D eigenvalue weighted by molar-refractivity contribution is 5.98. The normalized spacial score (nSPS) is 36.7. The SMILES string of the molecule is CCC1CC=C2N=C3OCOC3=C[C@]23C2=CC4=C(C)CCC(=O)CC4CN2C(=O)C13. The van der Waals surface area contributed by atoms with Gasteiger partial charge in [0.1, 0.15) is 5.78 Å². The number of fused-ring (bicyclic) bond motifs is 3. The Morgan fingerprint density at radius 1 is 1.27 bits per heavy atom. The molecule has 3 unspecified atom stereocenters. The quantitative estimate of drug-likeness (QED) is 0.667. The maximum absolute atomic E-state index is 13.8. The van der Waals surface area contributed by atoms with Crippen LogP contribution in [-0.2, 0) is 19.1 Å². The minimum absolute atomic E-state index is 0.0955. The van der Waals surface area contributed by atoms with E-state index in [1.165, 1.54) is 11.1 Å². The Labute approximate surface area is 176 Å². The van der Waals surface area contributed by atoms with Crippen LogP contribution in [0, 0.1) is 23.2 Å². The second-order valence-electron chi connectivity index (χ2n) is 9.33. The van der Waals surface area contributed by atoms with Crippen molar-refractivity contribution < 1.29 is 19.1 Å². The lowest BCUT2D eigenvalue weighted by atomic mass is 9.61. The molecule has 0 N–H and O–H groups in total. The van der Waals surface area contributed by atoms with Gasteiger partial charge >= 0.3 is 0 Å². The highest BCUT2D eigenvalue weighted by Gasteiger charge is 2.63. The predicted octanol–water partition coefficient (Wildman–Crippen LogP) is 3.63. The van der Waals surface area contributed by atoms with Crippen molar-refractivity contribution in [2.45, 2.75) is 46.0 Å². The van der Waals surface area contributed by atoms with Gasteiger partial charge in [-0.1, -0.05) is 25.0 Å². The van der Waals surface area contributed by atoms with E-state index in [4.69, 9.17) is 14.5 Å². The summed E-state index contributed by atoms with van der Waals surface area (Å²) in [6, 6.07) is 0. The largest absolute Gasteiger partial charge is 0.452 e. The van der Waals surface area contributed by atoms with Crippen LogP contribution in [0.4, 0.5) is 0 Å². The molecule has 30 heavy (non-hydrogen) atoms. The summed E-state index contributed by atoms with van der Waals surface area (Å²) in [7, 11) is 0. The van der Waals surface area contributed by atoms with Gasteiger partial charge in [-0.05, 0) is 43.4 Å². The number of nitrogens with zero attached hydrogens (tertiary/aromatic N) is 2. The zero-order valence-corrected chi connectivity index (χ0v) is 17.4. The van der Waals surface area contributed by atoms with Crippen molar-refractivity contribution in [3.05, 3.63) is 46.5 Å². The molecule has 1 amide bonds. The van der Waals surface area contributed by atoms with E-state index in [1.807, 2.05) is 4.90 Å². The summed E-state index contributed by atoms with van der Waals surface area (Å²) in [6.07, 6.45) is 10.2. The zero-order chi connectivity index (χ0) is 20.6. The molecular formula is C24H26N2O4. The van der Waals surface area contributed by atoms with Crippen LogP contribution in [0.2, 0.25) is 0 Å². The molecule has 6 nitrogen and oxygen atoms in total. The number of hydrogen-bond acceptors (Lipinski definition) is 5. The fraction of sp³-hybridized carbons (Fsp3) is 0.542. The molecule has 0 aromatic rings. The van der Waals surface area contributed by atoms with Crippen molar-refractivity contribution in [1.29, 1.82) is 0 Å². The minimum Gasteiger partial charge on any atom is -0.452 e. The number of aliphatic imine (C=N–C) groups is 1. The fourth-order valence-corrected chi connectivity index (χ4v) is 6.33. The molecule has 6 heteroatoms. The van der Waals surface area contributed by atoms with Crippen LogP contribution in [-0.4, -0.2) is 35.8 Å². The first-order chi connectivity index (χ1) is 14.5. The lowest BCUT2D eigenvalue weighted by Gasteiger charge is -2.42. The van der Waals surface area contributed by atoms with Gasteiger partial charge in [-0.2, -0.15) is 0 Å². The van der Waals surface area contributed by atoms with Gasteiger partial charge in [0, 0.05) is 31.0 Å². The lowest BCUT2D eigenvalue weighted by Crippen LogP contribution is -2.40. The smallest absolute Gasteiger partial charge is 0.260 e. The lowest BCUT2D eigenvalue weighted by molar-refractivity contribution is -0.133. The molecule has 0 radical (unpaired) electrons. The Bertz CT molecular complexity index is 1030. The Kier molecular flexibility index (Phi) is 3.75. The second-order valence-corrected chi connectivity index (χ2v) is 9.33. The van der Waals surface area contributed by atoms with Crippen LogP contribution in [0.5, 0.6) is 0 Å². The van der Waals surface area contributed by atoms with E-state index in [9.17, 15) is 9.59 Å². The van der Waals surface area contributed by atoms with Gasteiger partial charge in [-0.15, -0.1) is 0 Å². The van der Waals surface area contributed by atoms with E-state index in [0.29, 0.717) is 36.8 Å². The van der Waals surface area contributed by atoms with Gasteiger partial charge in [0.2, 0.25) is 12.7 Å². The minimum atomic E-state index is -0.600. The van der Waals surface area contributed by atoms with Crippen LogP contribution in [0.15, 0.2) is 51.5 Å². The van der Waals surface area contributed by atoms with Gasteiger partial charge in [0.05, 0.1) is 17.0 Å². The summed E-state index contributed by atoms with van der Waals surface area (Å²) in [4.78, 5) is 32.9. The molecule has 2 saturated heterocycles. The van der Waals surface area contributed by atoms with E-state index in [1.54, 1.807) is 0 Å². The first-order valence-corrected chi connectivity index (χ1v) is 11.1. The molecule has 0 aromatic heterocycles. The van der Waals surface area contributed by atoms with Crippen molar-refractivity contribution in [3.63, 3.8) is 0 Å². The van der Waals surface area contributed by atoms with Crippen LogP contribution in [0.3, 0.4) is 0 Å². The molecule has 1 spiro atoms. The number of rotatable bonds is 1. The van der Waals surface area contributed by atoms with Gasteiger partial charge in [-0.25, -0.2) is 4.99 Å². The Hall–Kier alpha value is -2.63. The van der Waals surface area contributed by atoms with Crippen molar-refractivity contribution in [2.75, 3.05) is 13.3 Å². The fourth-order valence-electron chi connectivity index (χ4n) is 6.33. The molecule has 0 saturated carbocycles. The zero-order valence-electron chi connectivity index (χ0n) is 17.4. The third kappa shape index (κ3) is 2.22. The number of ketones is 1. The molecule has 0 aromatic carbocycles. The maximum Gasteiger partial charge on any atom is 0.260 e. The number of dihydropyridines is 1. The molecule has 6 aliphatic rings. The molecule has 156 valence electrons. The summed E-state index contributed by atoms with van der Waals surface area (Å²) in [5.74, 6) is 1.80. The molecule has 2 aliphatic carbocycles. The highest BCUT2D eigenvalue weighted by atomic mass is 16.7. The predicted molar refractivity (Wildman–Crippen MR) is 110 cm³/mol. The third-order valence-corrected chi connectivity index (χ3v) is 7.85. The summed E-state index contributed by atoms with van der Waals surface area (Å²) >= 11 is 0. The monoisotopic (exact) mass is 406 g/mol. The van der Waals surface area contributed by atoms with Crippen molar-refractivity contribution >= 4 is 17.6 Å². The molecule has 0 bridgehead atoms. The number of Topliss-reactive ketones (excluding diaryl/α,β-unsaturated/α-hetero) is 1. The topological polar surface area (TPSA) is 68.2 Å². The first-order valence-electron chi connectivity index (χ1n) is 11.1. The molecular weight excluding hydrogens is 380 g/mol. The molecule has 6 rings (SSSR count). The Morgan fingerprint density at radius 3 is 2.97 bits per heavy atom. The average molecular weight is 406 g/mol. The summed E-state index contributed by atoms with van der Waals surface area (Å²) in [6.45, 7) is 5.05. The number of carbonyl (C=O) groups is 2. The first kappa shape index (κ1) is 18.2. The van der Waals surface area contributed by atoms with E-state index < -0.39 is 5.41 Å². The van der Waals surface area contributed by atoms with E-state index >= 15 is 0 Å². The summed E-state index contributed by atoms with van der Waals surface area (Å²) in [5.41, 5.74) is 3.82. The number of allylic oxidation sites excluding steroid dienone is 3.